The number of nitrogens with zero attached hydrogens (tertiary/aromatic N) is 2. The Hall–Kier alpha value is -2.11. The van der Waals surface area contributed by atoms with E-state index in [0.29, 0.717) is 38.0 Å². The minimum absolute atomic E-state index is 0.316. The van der Waals surface area contributed by atoms with Gasteiger partial charge in [0, 0.05) is 6.20 Å². The lowest BCUT2D eigenvalue weighted by molar-refractivity contribution is -0.144. The number of aromatic nitrogens is 1. The van der Waals surface area contributed by atoms with Crippen LogP contribution >= 0.6 is 0 Å². The molecule has 1 N–H and O–H groups in total. The zero-order valence-electron chi connectivity index (χ0n) is 11.0. The molecule has 1 amide bonds. The van der Waals surface area contributed by atoms with Crippen molar-refractivity contribution in [2.75, 3.05) is 11.4 Å². The van der Waals surface area contributed by atoms with Crippen LogP contribution in [-0.4, -0.2) is 34.3 Å². The fraction of sp³-hybridized carbons (Fsp3) is 0.500. The first-order valence-electron chi connectivity index (χ1n) is 6.74. The predicted octanol–water partition coefficient (Wildman–Crippen LogP) is 2.05. The second-order valence-electron chi connectivity index (χ2n) is 5.44. The molecule has 106 valence electrons. The van der Waals surface area contributed by atoms with Gasteiger partial charge in [-0.15, -0.1) is 0 Å². The van der Waals surface area contributed by atoms with Gasteiger partial charge in [-0.05, 0) is 37.8 Å². The summed E-state index contributed by atoms with van der Waals surface area (Å²) in [6.07, 6.45) is 3.54. The van der Waals surface area contributed by atoms with Gasteiger partial charge in [-0.25, -0.2) is 9.78 Å². The van der Waals surface area contributed by atoms with Gasteiger partial charge in [0.05, 0.1) is 12.5 Å². The first-order chi connectivity index (χ1) is 9.60. The number of ether oxygens (including phenoxy) is 1. The molecule has 0 radical (unpaired) electrons. The Kier molecular flexibility index (Phi) is 3.08. The molecule has 1 aliphatic heterocycles. The van der Waals surface area contributed by atoms with Gasteiger partial charge in [0.15, 0.2) is 0 Å². The standard InChI is InChI=1S/C14H16N2O4/c17-12(18)10-4-6-14(7-5-10)9-16(13(19)20-14)11-3-1-2-8-15-11/h1-3,8,10H,4-7,9H2,(H,17,18)/t10-,14-. The molecule has 1 aromatic heterocycles. The molecule has 1 aliphatic carbocycles. The number of carbonyl (C=O) groups is 2. The zero-order chi connectivity index (χ0) is 14.2. The van der Waals surface area contributed by atoms with Crippen LogP contribution in [0.25, 0.3) is 0 Å². The number of pyridine rings is 1. The van der Waals surface area contributed by atoms with Gasteiger partial charge in [0.1, 0.15) is 11.4 Å². The number of amides is 1. The average Bonchev–Trinajstić information content (AvgIpc) is 2.77. The number of carbonyl (C=O) groups excluding carboxylic acids is 1. The lowest BCUT2D eigenvalue weighted by Crippen LogP contribution is -2.40. The number of carboxylic acid groups (broad SMARTS) is 1. The van der Waals surface area contributed by atoms with Gasteiger partial charge in [-0.3, -0.25) is 9.69 Å². The van der Waals surface area contributed by atoms with E-state index in [1.54, 1.807) is 18.3 Å². The highest BCUT2D eigenvalue weighted by atomic mass is 16.6. The van der Waals surface area contributed by atoms with Crippen LogP contribution in [0.4, 0.5) is 10.6 Å². The lowest BCUT2D eigenvalue weighted by atomic mass is 9.79. The number of anilines is 1. The molecule has 3 rings (SSSR count). The molecule has 0 aromatic carbocycles. The fourth-order valence-corrected chi connectivity index (χ4v) is 2.96. The summed E-state index contributed by atoms with van der Waals surface area (Å²) in [6.45, 7) is 0.454. The Morgan fingerprint density at radius 1 is 1.40 bits per heavy atom. The van der Waals surface area contributed by atoms with Crippen molar-refractivity contribution in [3.63, 3.8) is 0 Å². The highest BCUT2D eigenvalue weighted by molar-refractivity contribution is 5.89. The van der Waals surface area contributed by atoms with E-state index in [0.717, 1.165) is 0 Å². The van der Waals surface area contributed by atoms with Crippen molar-refractivity contribution in [3.8, 4) is 0 Å². The first-order valence-corrected chi connectivity index (χ1v) is 6.74. The fourth-order valence-electron chi connectivity index (χ4n) is 2.96. The van der Waals surface area contributed by atoms with Crippen LogP contribution in [-0.2, 0) is 9.53 Å². The van der Waals surface area contributed by atoms with E-state index in [2.05, 4.69) is 4.98 Å². The van der Waals surface area contributed by atoms with Gasteiger partial charge in [0.2, 0.25) is 0 Å². The largest absolute Gasteiger partial charge is 0.481 e. The Morgan fingerprint density at radius 3 is 2.75 bits per heavy atom. The SMILES string of the molecule is O=C1O[C@]2(CC[C@H](C(=O)O)CC2)CN1c1ccccn1. The summed E-state index contributed by atoms with van der Waals surface area (Å²) in [5, 5.41) is 9.02. The summed E-state index contributed by atoms with van der Waals surface area (Å²) in [5.41, 5.74) is -0.541. The lowest BCUT2D eigenvalue weighted by Gasteiger charge is -2.33. The first kappa shape index (κ1) is 12.9. The van der Waals surface area contributed by atoms with E-state index < -0.39 is 17.7 Å². The van der Waals surface area contributed by atoms with Crippen molar-refractivity contribution in [1.82, 2.24) is 4.98 Å². The summed E-state index contributed by atoms with van der Waals surface area (Å²) in [5.74, 6) is -0.497. The molecule has 0 atom stereocenters. The van der Waals surface area contributed by atoms with Crippen molar-refractivity contribution >= 4 is 17.9 Å². The molecule has 2 aliphatic rings. The molecular weight excluding hydrogens is 260 g/mol. The molecule has 0 unspecified atom stereocenters. The summed E-state index contributed by atoms with van der Waals surface area (Å²) in [6, 6.07) is 5.38. The van der Waals surface area contributed by atoms with Gasteiger partial charge < -0.3 is 9.84 Å². The van der Waals surface area contributed by atoms with Crippen LogP contribution in [0.15, 0.2) is 24.4 Å². The third-order valence-electron chi connectivity index (χ3n) is 4.14. The van der Waals surface area contributed by atoms with Gasteiger partial charge >= 0.3 is 12.1 Å². The van der Waals surface area contributed by atoms with Crippen LogP contribution < -0.4 is 4.90 Å². The Labute approximate surface area is 116 Å². The van der Waals surface area contributed by atoms with Crippen LogP contribution in [0.2, 0.25) is 0 Å². The van der Waals surface area contributed by atoms with Crippen molar-refractivity contribution in [1.29, 1.82) is 0 Å². The molecule has 6 heteroatoms. The van der Waals surface area contributed by atoms with Gasteiger partial charge in [0.25, 0.3) is 0 Å². The second-order valence-corrected chi connectivity index (χ2v) is 5.44. The third-order valence-corrected chi connectivity index (χ3v) is 4.14. The van der Waals surface area contributed by atoms with Crippen molar-refractivity contribution in [2.24, 2.45) is 5.92 Å². The number of rotatable bonds is 2. The minimum atomic E-state index is -0.759. The maximum absolute atomic E-state index is 12.0. The average molecular weight is 276 g/mol. The number of hydrogen-bond donors (Lipinski definition) is 1. The number of hydrogen-bond acceptors (Lipinski definition) is 4. The Balaban J connectivity index is 1.73. The molecule has 1 saturated carbocycles. The van der Waals surface area contributed by atoms with Crippen LogP contribution in [0.3, 0.4) is 0 Å². The van der Waals surface area contributed by atoms with E-state index in [4.69, 9.17) is 9.84 Å². The minimum Gasteiger partial charge on any atom is -0.481 e. The zero-order valence-corrected chi connectivity index (χ0v) is 11.0. The summed E-state index contributed by atoms with van der Waals surface area (Å²) >= 11 is 0. The number of carboxylic acids is 1. The molecular formula is C14H16N2O4. The van der Waals surface area contributed by atoms with Crippen molar-refractivity contribution in [2.45, 2.75) is 31.3 Å². The van der Waals surface area contributed by atoms with E-state index >= 15 is 0 Å². The maximum Gasteiger partial charge on any atom is 0.416 e. The van der Waals surface area contributed by atoms with E-state index in [9.17, 15) is 9.59 Å². The molecule has 2 fully saturated rings. The van der Waals surface area contributed by atoms with E-state index in [1.165, 1.54) is 4.90 Å². The van der Waals surface area contributed by atoms with Crippen LogP contribution in [0.5, 0.6) is 0 Å². The van der Waals surface area contributed by atoms with Crippen LogP contribution in [0, 0.1) is 5.92 Å². The molecule has 6 nitrogen and oxygen atoms in total. The van der Waals surface area contributed by atoms with Crippen molar-refractivity contribution in [3.05, 3.63) is 24.4 Å². The van der Waals surface area contributed by atoms with Gasteiger partial charge in [-0.1, -0.05) is 6.07 Å². The van der Waals surface area contributed by atoms with E-state index in [-0.39, 0.29) is 5.92 Å². The van der Waals surface area contributed by atoms with Gasteiger partial charge in [-0.2, -0.15) is 0 Å². The topological polar surface area (TPSA) is 79.7 Å². The normalized spacial score (nSPS) is 29.5. The molecule has 20 heavy (non-hydrogen) atoms. The number of aliphatic carboxylic acids is 1. The van der Waals surface area contributed by atoms with Crippen molar-refractivity contribution < 1.29 is 19.4 Å². The summed E-state index contributed by atoms with van der Waals surface area (Å²) in [4.78, 5) is 28.7. The molecule has 2 heterocycles. The maximum atomic E-state index is 12.0. The second kappa shape index (κ2) is 4.77. The monoisotopic (exact) mass is 276 g/mol. The highest BCUT2D eigenvalue weighted by Crippen LogP contribution is 2.40. The molecule has 1 spiro atoms. The molecule has 0 bridgehead atoms. The Bertz CT molecular complexity index is 523. The summed E-state index contributed by atoms with van der Waals surface area (Å²) in [7, 11) is 0. The van der Waals surface area contributed by atoms with E-state index in [1.807, 2.05) is 6.07 Å². The Morgan fingerprint density at radius 2 is 2.15 bits per heavy atom. The molecule has 1 aromatic rings. The third kappa shape index (κ3) is 2.21. The van der Waals surface area contributed by atoms with Crippen LogP contribution in [0.1, 0.15) is 25.7 Å². The highest BCUT2D eigenvalue weighted by Gasteiger charge is 2.48. The quantitative estimate of drug-likeness (QED) is 0.894. The summed E-state index contributed by atoms with van der Waals surface area (Å²) < 4.78 is 5.54. The molecule has 1 saturated heterocycles. The smallest absolute Gasteiger partial charge is 0.416 e. The predicted molar refractivity (Wildman–Crippen MR) is 70.4 cm³/mol.